The van der Waals surface area contributed by atoms with Gasteiger partial charge in [0.05, 0.1) is 12.3 Å². The molecule has 2 N–H and O–H groups in total. The van der Waals surface area contributed by atoms with Crippen LogP contribution in [0.3, 0.4) is 0 Å². The monoisotopic (exact) mass is 423 g/mol. The van der Waals surface area contributed by atoms with Crippen LogP contribution in [0, 0.1) is 0 Å². The second-order valence-corrected chi connectivity index (χ2v) is 7.86. The molecule has 1 saturated heterocycles. The van der Waals surface area contributed by atoms with E-state index in [0.29, 0.717) is 23.8 Å². The Kier molecular flexibility index (Phi) is 5.99. The molecular weight excluding hydrogens is 402 g/mol. The van der Waals surface area contributed by atoms with Crippen molar-refractivity contribution in [2.24, 2.45) is 0 Å². The first kappa shape index (κ1) is 20.0. The van der Waals surface area contributed by atoms with Gasteiger partial charge in [-0.1, -0.05) is 42.1 Å². The molecule has 0 radical (unpaired) electrons. The molecule has 1 fully saturated rings. The van der Waals surface area contributed by atoms with E-state index in [-0.39, 0.29) is 23.3 Å². The van der Waals surface area contributed by atoms with E-state index in [2.05, 4.69) is 15.5 Å². The molecule has 0 saturated carbocycles. The highest BCUT2D eigenvalue weighted by Gasteiger charge is 2.21. The number of amides is 2. The first-order valence-corrected chi connectivity index (χ1v) is 10.6. The summed E-state index contributed by atoms with van der Waals surface area (Å²) in [7, 11) is 0. The van der Waals surface area contributed by atoms with Gasteiger partial charge in [0.15, 0.2) is 5.16 Å². The number of benzene rings is 2. The molecule has 0 bridgehead atoms. The Hall–Kier alpha value is -3.33. The maximum absolute atomic E-state index is 12.3. The number of carbonyl (C=O) groups excluding carboxylic acids is 2. The summed E-state index contributed by atoms with van der Waals surface area (Å²) in [4.78, 5) is 38.0. The van der Waals surface area contributed by atoms with E-state index in [4.69, 9.17) is 0 Å². The largest absolute Gasteiger partial charge is 0.344 e. The third-order valence-electron chi connectivity index (χ3n) is 4.78. The number of aromatic amines is 1. The van der Waals surface area contributed by atoms with Crippen LogP contribution in [0.2, 0.25) is 0 Å². The van der Waals surface area contributed by atoms with E-state index >= 15 is 0 Å². The van der Waals surface area contributed by atoms with Crippen LogP contribution in [0.5, 0.6) is 0 Å². The molecule has 1 aliphatic heterocycles. The van der Waals surface area contributed by atoms with E-state index < -0.39 is 0 Å². The van der Waals surface area contributed by atoms with Crippen LogP contribution in [0.15, 0.2) is 64.5 Å². The zero-order valence-electron chi connectivity index (χ0n) is 16.2. The Morgan fingerprint density at radius 2 is 1.87 bits per heavy atom. The van der Waals surface area contributed by atoms with Crippen molar-refractivity contribution in [1.82, 2.24) is 14.8 Å². The quantitative estimate of drug-likeness (QED) is 0.569. The molecule has 3 aromatic rings. The second kappa shape index (κ2) is 9.00. The van der Waals surface area contributed by atoms with Crippen molar-refractivity contribution >= 4 is 35.0 Å². The summed E-state index contributed by atoms with van der Waals surface area (Å²) in [5, 5.41) is 9.75. The summed E-state index contributed by atoms with van der Waals surface area (Å²) in [5.41, 5.74) is 2.16. The van der Waals surface area contributed by atoms with E-state index in [0.717, 1.165) is 24.2 Å². The molecular formula is C21H21N5O3S. The third-order valence-corrected chi connectivity index (χ3v) is 5.75. The van der Waals surface area contributed by atoms with Gasteiger partial charge >= 0.3 is 5.69 Å². The summed E-state index contributed by atoms with van der Waals surface area (Å²) in [6, 6.07) is 16.8. The average Bonchev–Trinajstić information content (AvgIpc) is 3.34. The molecule has 4 rings (SSSR count). The fraction of sp³-hybridized carbons (Fsp3) is 0.238. The first-order valence-electron chi connectivity index (χ1n) is 9.62. The van der Waals surface area contributed by atoms with Gasteiger partial charge in [-0.05, 0) is 36.2 Å². The molecule has 2 aromatic carbocycles. The Morgan fingerprint density at radius 1 is 1.10 bits per heavy atom. The maximum Gasteiger partial charge on any atom is 0.344 e. The molecule has 0 atom stereocenters. The lowest BCUT2D eigenvalue weighted by Gasteiger charge is -2.16. The summed E-state index contributed by atoms with van der Waals surface area (Å²) >= 11 is 1.19. The molecule has 1 aromatic heterocycles. The SMILES string of the molecule is O=C(CSc1n[nH]c(=O)n1Cc1ccccc1)Nc1ccc(N2CCCC2=O)cc1. The lowest BCUT2D eigenvalue weighted by molar-refractivity contribution is -0.117. The minimum absolute atomic E-state index is 0.117. The Morgan fingerprint density at radius 3 is 2.57 bits per heavy atom. The van der Waals surface area contributed by atoms with Gasteiger partial charge in [-0.3, -0.25) is 14.2 Å². The molecule has 9 heteroatoms. The van der Waals surface area contributed by atoms with Crippen molar-refractivity contribution in [3.63, 3.8) is 0 Å². The van der Waals surface area contributed by atoms with Crippen molar-refractivity contribution < 1.29 is 9.59 Å². The normalized spacial score (nSPS) is 13.6. The van der Waals surface area contributed by atoms with Crippen molar-refractivity contribution in [3.05, 3.63) is 70.6 Å². The van der Waals surface area contributed by atoms with Crippen LogP contribution in [0.25, 0.3) is 0 Å². The number of carbonyl (C=O) groups is 2. The van der Waals surface area contributed by atoms with Crippen LogP contribution < -0.4 is 15.9 Å². The molecule has 0 unspecified atom stereocenters. The van der Waals surface area contributed by atoms with Crippen LogP contribution in [0.4, 0.5) is 11.4 Å². The number of rotatable bonds is 7. The third kappa shape index (κ3) is 4.62. The molecule has 2 heterocycles. The van der Waals surface area contributed by atoms with Crippen LogP contribution in [-0.4, -0.2) is 38.9 Å². The van der Waals surface area contributed by atoms with Gasteiger partial charge in [-0.15, -0.1) is 5.10 Å². The minimum Gasteiger partial charge on any atom is -0.325 e. The van der Waals surface area contributed by atoms with Crippen molar-refractivity contribution in [2.45, 2.75) is 24.5 Å². The van der Waals surface area contributed by atoms with Crippen molar-refractivity contribution in [2.75, 3.05) is 22.5 Å². The minimum atomic E-state index is -0.311. The number of aromatic nitrogens is 3. The average molecular weight is 423 g/mol. The number of hydrogen-bond donors (Lipinski definition) is 2. The molecule has 1 aliphatic rings. The maximum atomic E-state index is 12.3. The number of nitrogens with zero attached hydrogens (tertiary/aromatic N) is 3. The highest BCUT2D eigenvalue weighted by molar-refractivity contribution is 7.99. The fourth-order valence-corrected chi connectivity index (χ4v) is 4.04. The predicted octanol–water partition coefficient (Wildman–Crippen LogP) is 2.48. The van der Waals surface area contributed by atoms with E-state index in [1.54, 1.807) is 17.0 Å². The smallest absolute Gasteiger partial charge is 0.325 e. The number of thioether (sulfide) groups is 1. The van der Waals surface area contributed by atoms with Gasteiger partial charge in [-0.2, -0.15) is 0 Å². The van der Waals surface area contributed by atoms with Gasteiger partial charge < -0.3 is 10.2 Å². The highest BCUT2D eigenvalue weighted by Crippen LogP contribution is 2.23. The summed E-state index contributed by atoms with van der Waals surface area (Å²) in [6.07, 6.45) is 1.45. The lowest BCUT2D eigenvalue weighted by Crippen LogP contribution is -2.23. The zero-order valence-corrected chi connectivity index (χ0v) is 17.0. The summed E-state index contributed by atoms with van der Waals surface area (Å²) in [5.74, 6) is 0.0429. The fourth-order valence-electron chi connectivity index (χ4n) is 3.29. The number of anilines is 2. The lowest BCUT2D eigenvalue weighted by atomic mass is 10.2. The van der Waals surface area contributed by atoms with Gasteiger partial charge in [0.25, 0.3) is 0 Å². The van der Waals surface area contributed by atoms with Crippen LogP contribution in [-0.2, 0) is 16.1 Å². The van der Waals surface area contributed by atoms with Crippen molar-refractivity contribution in [3.8, 4) is 0 Å². The molecule has 0 aliphatic carbocycles. The Labute approximate surface area is 177 Å². The van der Waals surface area contributed by atoms with Crippen LogP contribution >= 0.6 is 11.8 Å². The predicted molar refractivity (Wildman–Crippen MR) is 116 cm³/mol. The zero-order chi connectivity index (χ0) is 20.9. The first-order chi connectivity index (χ1) is 14.6. The number of hydrogen-bond acceptors (Lipinski definition) is 5. The molecule has 30 heavy (non-hydrogen) atoms. The van der Waals surface area contributed by atoms with Crippen molar-refractivity contribution in [1.29, 1.82) is 0 Å². The standard InChI is InChI=1S/C21H21N5O3S/c27-18(22-16-8-10-17(11-9-16)25-12-4-7-19(25)28)14-30-21-24-23-20(29)26(21)13-15-5-2-1-3-6-15/h1-3,5-6,8-11H,4,7,12-14H2,(H,22,27)(H,23,29). The second-order valence-electron chi connectivity index (χ2n) is 6.92. The Balaban J connectivity index is 1.34. The molecule has 8 nitrogen and oxygen atoms in total. The summed E-state index contributed by atoms with van der Waals surface area (Å²) < 4.78 is 1.51. The number of nitrogens with one attached hydrogen (secondary N) is 2. The van der Waals surface area contributed by atoms with E-state index in [9.17, 15) is 14.4 Å². The molecule has 2 amide bonds. The van der Waals surface area contributed by atoms with Gasteiger partial charge in [0.2, 0.25) is 11.8 Å². The topological polar surface area (TPSA) is 100 Å². The number of H-pyrrole nitrogens is 1. The molecule has 154 valence electrons. The Bertz CT molecular complexity index is 1090. The highest BCUT2D eigenvalue weighted by atomic mass is 32.2. The van der Waals surface area contributed by atoms with E-state index in [1.807, 2.05) is 42.5 Å². The molecule has 0 spiro atoms. The van der Waals surface area contributed by atoms with Gasteiger partial charge in [0.1, 0.15) is 0 Å². The van der Waals surface area contributed by atoms with E-state index in [1.165, 1.54) is 16.3 Å². The summed E-state index contributed by atoms with van der Waals surface area (Å²) in [6.45, 7) is 1.12. The van der Waals surface area contributed by atoms with Gasteiger partial charge in [-0.25, -0.2) is 9.89 Å². The van der Waals surface area contributed by atoms with Crippen LogP contribution in [0.1, 0.15) is 18.4 Å². The van der Waals surface area contributed by atoms with Gasteiger partial charge in [0, 0.05) is 24.3 Å².